The molecule has 1 aliphatic heterocycles. The van der Waals surface area contributed by atoms with Crippen LogP contribution in [0.25, 0.3) is 11.4 Å². The summed E-state index contributed by atoms with van der Waals surface area (Å²) in [4.78, 5) is 15.7. The molecule has 5 N–H and O–H groups in total. The molecule has 0 unspecified atom stereocenters. The first kappa shape index (κ1) is 19.1. The van der Waals surface area contributed by atoms with Gasteiger partial charge in [-0.15, -0.1) is 0 Å². The lowest BCUT2D eigenvalue weighted by Gasteiger charge is -2.36. The molecule has 29 heavy (non-hydrogen) atoms. The summed E-state index contributed by atoms with van der Waals surface area (Å²) in [6.07, 6.45) is 0.839. The first-order valence-corrected chi connectivity index (χ1v) is 9.64. The number of nitrogens with one attached hydrogen (secondary N) is 1. The summed E-state index contributed by atoms with van der Waals surface area (Å²) in [5, 5.41) is 23.1. The van der Waals surface area contributed by atoms with Gasteiger partial charge in [0, 0.05) is 25.2 Å². The average Bonchev–Trinajstić information content (AvgIpc) is 2.76. The predicted octanol–water partition coefficient (Wildman–Crippen LogP) is 1.71. The minimum atomic E-state index is -0.235. The summed E-state index contributed by atoms with van der Waals surface area (Å²) in [6.45, 7) is 1.60. The molecule has 2 aromatic carbocycles. The molecule has 0 saturated carbocycles. The third-order valence-corrected chi connectivity index (χ3v) is 5.00. The molecular formula is C21H24N6O2. The van der Waals surface area contributed by atoms with Crippen LogP contribution in [0, 0.1) is 0 Å². The molecule has 0 radical (unpaired) electrons. The van der Waals surface area contributed by atoms with Gasteiger partial charge in [-0.05, 0) is 29.7 Å². The molecule has 3 aromatic rings. The Balaban J connectivity index is 1.77. The standard InChI is InChI=1S/C21H24N6O2/c22-9-10-23-20-24-19(15-5-3-6-16(29)12-15)25-21(26-20)27-11-8-14-4-1-2-7-17(14)18(27)13-28/h1-7,12,18,28-29H,8-11,13,22H2,(H,23,24,25,26)/t18-/m0/s1. The van der Waals surface area contributed by atoms with Crippen molar-refractivity contribution in [3.05, 3.63) is 59.7 Å². The highest BCUT2D eigenvalue weighted by Gasteiger charge is 2.29. The number of rotatable bonds is 6. The van der Waals surface area contributed by atoms with Crippen LogP contribution in [0.15, 0.2) is 48.5 Å². The van der Waals surface area contributed by atoms with Gasteiger partial charge < -0.3 is 26.2 Å². The zero-order valence-electron chi connectivity index (χ0n) is 16.0. The third-order valence-electron chi connectivity index (χ3n) is 5.00. The van der Waals surface area contributed by atoms with Gasteiger partial charge in [0.05, 0.1) is 12.6 Å². The fraction of sp³-hybridized carbons (Fsp3) is 0.286. The smallest absolute Gasteiger partial charge is 0.231 e. The van der Waals surface area contributed by atoms with E-state index in [2.05, 4.69) is 26.3 Å². The number of nitrogens with two attached hydrogens (primary N) is 1. The zero-order valence-corrected chi connectivity index (χ0v) is 16.0. The zero-order chi connectivity index (χ0) is 20.2. The Kier molecular flexibility index (Phi) is 5.55. The topological polar surface area (TPSA) is 120 Å². The van der Waals surface area contributed by atoms with E-state index in [1.165, 1.54) is 5.56 Å². The molecule has 2 heterocycles. The molecule has 1 aromatic heterocycles. The van der Waals surface area contributed by atoms with E-state index in [1.54, 1.807) is 18.2 Å². The van der Waals surface area contributed by atoms with Gasteiger partial charge in [0.1, 0.15) is 5.75 Å². The van der Waals surface area contributed by atoms with Gasteiger partial charge in [-0.1, -0.05) is 36.4 Å². The number of aliphatic hydroxyl groups excluding tert-OH is 1. The maximum Gasteiger partial charge on any atom is 0.231 e. The van der Waals surface area contributed by atoms with E-state index in [0.717, 1.165) is 12.0 Å². The summed E-state index contributed by atoms with van der Waals surface area (Å²) in [5.74, 6) is 1.47. The van der Waals surface area contributed by atoms with E-state index in [4.69, 9.17) is 5.73 Å². The van der Waals surface area contributed by atoms with Crippen LogP contribution in [0.4, 0.5) is 11.9 Å². The van der Waals surface area contributed by atoms with Crippen molar-refractivity contribution in [1.82, 2.24) is 15.0 Å². The lowest BCUT2D eigenvalue weighted by atomic mass is 9.93. The molecule has 0 aliphatic carbocycles. The highest BCUT2D eigenvalue weighted by molar-refractivity contribution is 5.60. The summed E-state index contributed by atoms with van der Waals surface area (Å²) in [6, 6.07) is 14.7. The Bertz CT molecular complexity index is 996. The Morgan fingerprint density at radius 3 is 2.76 bits per heavy atom. The van der Waals surface area contributed by atoms with Gasteiger partial charge in [0.25, 0.3) is 0 Å². The van der Waals surface area contributed by atoms with Crippen molar-refractivity contribution in [2.75, 3.05) is 36.5 Å². The monoisotopic (exact) mass is 392 g/mol. The second-order valence-electron chi connectivity index (χ2n) is 6.89. The van der Waals surface area contributed by atoms with Crippen LogP contribution in [-0.4, -0.2) is 51.4 Å². The first-order valence-electron chi connectivity index (χ1n) is 9.64. The number of fused-ring (bicyclic) bond motifs is 1. The Morgan fingerprint density at radius 2 is 1.97 bits per heavy atom. The summed E-state index contributed by atoms with van der Waals surface area (Å²) >= 11 is 0. The maximum absolute atomic E-state index is 10.1. The number of nitrogens with zero attached hydrogens (tertiary/aromatic N) is 4. The van der Waals surface area contributed by atoms with Crippen LogP contribution >= 0.6 is 0 Å². The van der Waals surface area contributed by atoms with Crippen LogP contribution in [0.5, 0.6) is 5.75 Å². The predicted molar refractivity (Wildman–Crippen MR) is 112 cm³/mol. The molecule has 0 fully saturated rings. The Hall–Kier alpha value is -3.23. The van der Waals surface area contributed by atoms with Crippen molar-refractivity contribution in [2.24, 2.45) is 5.73 Å². The van der Waals surface area contributed by atoms with Gasteiger partial charge in [-0.3, -0.25) is 0 Å². The number of phenols is 1. The number of aliphatic hydroxyl groups is 1. The number of hydrogen-bond acceptors (Lipinski definition) is 8. The van der Waals surface area contributed by atoms with E-state index < -0.39 is 0 Å². The van der Waals surface area contributed by atoms with E-state index in [-0.39, 0.29) is 18.4 Å². The molecule has 150 valence electrons. The van der Waals surface area contributed by atoms with Crippen molar-refractivity contribution in [1.29, 1.82) is 0 Å². The number of benzene rings is 2. The molecule has 8 nitrogen and oxygen atoms in total. The van der Waals surface area contributed by atoms with Gasteiger partial charge in [0.2, 0.25) is 11.9 Å². The highest BCUT2D eigenvalue weighted by atomic mass is 16.3. The third kappa shape index (κ3) is 3.98. The van der Waals surface area contributed by atoms with Crippen molar-refractivity contribution in [3.8, 4) is 17.1 Å². The Labute approximate surface area is 169 Å². The summed E-state index contributed by atoms with van der Waals surface area (Å²) in [5.41, 5.74) is 8.60. The number of anilines is 2. The molecule has 1 atom stereocenters. The second-order valence-corrected chi connectivity index (χ2v) is 6.89. The summed E-state index contributed by atoms with van der Waals surface area (Å²) in [7, 11) is 0. The van der Waals surface area contributed by atoms with Crippen molar-refractivity contribution < 1.29 is 10.2 Å². The molecule has 0 bridgehead atoms. The fourth-order valence-corrected chi connectivity index (χ4v) is 3.62. The number of phenolic OH excluding ortho intramolecular Hbond substituents is 1. The van der Waals surface area contributed by atoms with Gasteiger partial charge in [-0.2, -0.15) is 15.0 Å². The highest BCUT2D eigenvalue weighted by Crippen LogP contribution is 2.33. The fourth-order valence-electron chi connectivity index (χ4n) is 3.62. The van der Waals surface area contributed by atoms with Crippen LogP contribution < -0.4 is 16.0 Å². The van der Waals surface area contributed by atoms with Gasteiger partial charge in [-0.25, -0.2) is 0 Å². The molecule has 1 aliphatic rings. The molecule has 0 saturated heterocycles. The SMILES string of the molecule is NCCNc1nc(-c2cccc(O)c2)nc(N2CCc3ccccc3[C@@H]2CO)n1. The van der Waals surface area contributed by atoms with E-state index in [9.17, 15) is 10.2 Å². The maximum atomic E-state index is 10.1. The first-order chi connectivity index (χ1) is 14.2. The van der Waals surface area contributed by atoms with Crippen LogP contribution in [0.2, 0.25) is 0 Å². The quantitative estimate of drug-likeness (QED) is 0.500. The van der Waals surface area contributed by atoms with Crippen molar-refractivity contribution in [3.63, 3.8) is 0 Å². The molecule has 0 spiro atoms. The van der Waals surface area contributed by atoms with Gasteiger partial charge >= 0.3 is 0 Å². The van der Waals surface area contributed by atoms with E-state index >= 15 is 0 Å². The van der Waals surface area contributed by atoms with Gasteiger partial charge in [0.15, 0.2) is 5.82 Å². The number of hydrogen-bond donors (Lipinski definition) is 4. The minimum Gasteiger partial charge on any atom is -0.508 e. The molecule has 8 heteroatoms. The van der Waals surface area contributed by atoms with E-state index in [0.29, 0.717) is 42.9 Å². The van der Waals surface area contributed by atoms with E-state index in [1.807, 2.05) is 29.2 Å². The number of aromatic hydroxyl groups is 1. The largest absolute Gasteiger partial charge is 0.508 e. The Morgan fingerprint density at radius 1 is 1.10 bits per heavy atom. The number of aromatic nitrogens is 3. The molecular weight excluding hydrogens is 368 g/mol. The lowest BCUT2D eigenvalue weighted by molar-refractivity contribution is 0.256. The molecule has 0 amide bonds. The second kappa shape index (κ2) is 8.42. The van der Waals surface area contributed by atoms with Crippen molar-refractivity contribution in [2.45, 2.75) is 12.5 Å². The summed E-state index contributed by atoms with van der Waals surface area (Å²) < 4.78 is 0. The van der Waals surface area contributed by atoms with Crippen LogP contribution in [0.3, 0.4) is 0 Å². The lowest BCUT2D eigenvalue weighted by Crippen LogP contribution is -2.38. The molecule has 4 rings (SSSR count). The average molecular weight is 392 g/mol. The van der Waals surface area contributed by atoms with Crippen molar-refractivity contribution >= 4 is 11.9 Å². The minimum absolute atomic E-state index is 0.0459. The van der Waals surface area contributed by atoms with Crippen LogP contribution in [-0.2, 0) is 6.42 Å². The van der Waals surface area contributed by atoms with Crippen LogP contribution in [0.1, 0.15) is 17.2 Å². The normalized spacial score (nSPS) is 15.8.